The van der Waals surface area contributed by atoms with Crippen LogP contribution in [0.4, 0.5) is 21.0 Å². The van der Waals surface area contributed by atoms with E-state index in [1.165, 1.54) is 7.11 Å². The van der Waals surface area contributed by atoms with E-state index in [0.717, 1.165) is 11.3 Å². The van der Waals surface area contributed by atoms with Crippen LogP contribution in [-0.4, -0.2) is 29.0 Å². The molecule has 3 N–H and O–H groups in total. The molecule has 0 spiro atoms. The van der Waals surface area contributed by atoms with Gasteiger partial charge in [-0.25, -0.2) is 14.3 Å². The number of anilines is 2. The number of carbonyl (C=O) groups excluding carboxylic acids is 2. The van der Waals surface area contributed by atoms with Crippen molar-refractivity contribution in [2.24, 2.45) is 0 Å². The summed E-state index contributed by atoms with van der Waals surface area (Å²) < 4.78 is 6.27. The third-order valence-electron chi connectivity index (χ3n) is 3.68. The molecule has 27 heavy (non-hydrogen) atoms. The van der Waals surface area contributed by atoms with Crippen molar-refractivity contribution in [1.29, 1.82) is 0 Å². The van der Waals surface area contributed by atoms with E-state index >= 15 is 0 Å². The van der Waals surface area contributed by atoms with Crippen LogP contribution >= 0.6 is 0 Å². The first-order valence-corrected chi connectivity index (χ1v) is 8.23. The van der Waals surface area contributed by atoms with Gasteiger partial charge < -0.3 is 15.4 Å². The summed E-state index contributed by atoms with van der Waals surface area (Å²) in [6.45, 7) is 0.348. The highest BCUT2D eigenvalue weighted by molar-refractivity contribution is 5.90. The molecule has 138 valence electrons. The maximum Gasteiger partial charge on any atom is 0.411 e. The van der Waals surface area contributed by atoms with Crippen molar-refractivity contribution in [3.63, 3.8) is 0 Å². The predicted molar refractivity (Wildman–Crippen MR) is 102 cm³/mol. The van der Waals surface area contributed by atoms with E-state index in [-0.39, 0.29) is 6.03 Å². The van der Waals surface area contributed by atoms with Crippen LogP contribution < -0.4 is 16.0 Å². The van der Waals surface area contributed by atoms with Gasteiger partial charge in [0.2, 0.25) is 0 Å². The molecule has 0 radical (unpaired) electrons. The number of nitrogens with one attached hydrogen (secondary N) is 3. The summed E-state index contributed by atoms with van der Waals surface area (Å²) in [5, 5.41) is 12.3. The highest BCUT2D eigenvalue weighted by Gasteiger charge is 2.05. The Hall–Kier alpha value is -3.81. The summed E-state index contributed by atoms with van der Waals surface area (Å²) >= 11 is 0. The Balaban J connectivity index is 1.50. The third-order valence-corrected chi connectivity index (χ3v) is 3.68. The van der Waals surface area contributed by atoms with Gasteiger partial charge in [0.15, 0.2) is 0 Å². The molecule has 0 saturated carbocycles. The van der Waals surface area contributed by atoms with Crippen LogP contribution in [0, 0.1) is 0 Å². The number of para-hydroxylation sites is 1. The largest absolute Gasteiger partial charge is 0.453 e. The quantitative estimate of drug-likeness (QED) is 0.646. The van der Waals surface area contributed by atoms with E-state index in [9.17, 15) is 9.59 Å². The van der Waals surface area contributed by atoms with Crippen LogP contribution in [0.5, 0.6) is 0 Å². The molecular weight excluding hydrogens is 346 g/mol. The highest BCUT2D eigenvalue weighted by atomic mass is 16.5. The van der Waals surface area contributed by atoms with E-state index in [0.29, 0.717) is 17.9 Å². The molecule has 2 aromatic carbocycles. The zero-order valence-electron chi connectivity index (χ0n) is 14.7. The van der Waals surface area contributed by atoms with Crippen LogP contribution in [0.3, 0.4) is 0 Å². The molecule has 0 saturated heterocycles. The van der Waals surface area contributed by atoms with Gasteiger partial charge >= 0.3 is 12.1 Å². The molecule has 3 rings (SSSR count). The van der Waals surface area contributed by atoms with Gasteiger partial charge in [-0.15, -0.1) is 0 Å². The second-order valence-electron chi connectivity index (χ2n) is 5.63. The zero-order valence-corrected chi connectivity index (χ0v) is 14.7. The van der Waals surface area contributed by atoms with E-state index in [4.69, 9.17) is 0 Å². The Morgan fingerprint density at radius 2 is 1.67 bits per heavy atom. The molecule has 0 aliphatic rings. The van der Waals surface area contributed by atoms with Gasteiger partial charge in [-0.2, -0.15) is 5.10 Å². The Bertz CT molecular complexity index is 907. The molecule has 8 heteroatoms. The van der Waals surface area contributed by atoms with Crippen LogP contribution in [0.25, 0.3) is 5.69 Å². The number of rotatable bonds is 5. The first-order chi connectivity index (χ1) is 13.1. The Morgan fingerprint density at radius 3 is 2.33 bits per heavy atom. The molecule has 0 bridgehead atoms. The van der Waals surface area contributed by atoms with Crippen LogP contribution in [0.1, 0.15) is 5.56 Å². The summed E-state index contributed by atoms with van der Waals surface area (Å²) in [4.78, 5) is 23.2. The molecule has 3 amide bonds. The number of urea groups is 1. The van der Waals surface area contributed by atoms with Gasteiger partial charge in [0.05, 0.1) is 19.0 Å². The van der Waals surface area contributed by atoms with Gasteiger partial charge in [-0.3, -0.25) is 5.32 Å². The average molecular weight is 365 g/mol. The maximum absolute atomic E-state index is 12.0. The topological polar surface area (TPSA) is 97.3 Å². The number of hydrogen-bond donors (Lipinski definition) is 3. The molecule has 0 atom stereocenters. The monoisotopic (exact) mass is 365 g/mol. The second-order valence-corrected chi connectivity index (χ2v) is 5.63. The van der Waals surface area contributed by atoms with E-state index in [1.54, 1.807) is 35.1 Å². The van der Waals surface area contributed by atoms with Crippen molar-refractivity contribution in [2.45, 2.75) is 6.54 Å². The molecule has 0 aliphatic carbocycles. The molecule has 0 fully saturated rings. The lowest BCUT2D eigenvalue weighted by molar-refractivity contribution is 0.187. The average Bonchev–Trinajstić information content (AvgIpc) is 3.17. The zero-order chi connectivity index (χ0) is 19.1. The molecule has 1 heterocycles. The number of methoxy groups -OCH3 is 1. The molecule has 0 unspecified atom stereocenters. The molecule has 1 aromatic heterocycles. The lowest BCUT2D eigenvalue weighted by Gasteiger charge is -2.08. The number of benzene rings is 2. The smallest absolute Gasteiger partial charge is 0.411 e. The summed E-state index contributed by atoms with van der Waals surface area (Å²) in [6.07, 6.45) is 3.02. The maximum atomic E-state index is 12.0. The number of amides is 3. The van der Waals surface area contributed by atoms with Gasteiger partial charge in [0, 0.05) is 29.7 Å². The fraction of sp³-hybridized carbons (Fsp3) is 0.105. The van der Waals surface area contributed by atoms with Crippen molar-refractivity contribution in [2.75, 3.05) is 17.7 Å². The minimum Gasteiger partial charge on any atom is -0.453 e. The fourth-order valence-corrected chi connectivity index (χ4v) is 2.34. The third kappa shape index (κ3) is 5.08. The number of hydrogen-bond acceptors (Lipinski definition) is 4. The first kappa shape index (κ1) is 18.0. The molecule has 3 aromatic rings. The van der Waals surface area contributed by atoms with Gasteiger partial charge in [-0.05, 0) is 36.4 Å². The van der Waals surface area contributed by atoms with Crippen molar-refractivity contribution < 1.29 is 14.3 Å². The molecule has 8 nitrogen and oxygen atoms in total. The van der Waals surface area contributed by atoms with E-state index < -0.39 is 6.09 Å². The summed E-state index contributed by atoms with van der Waals surface area (Å²) in [6, 6.07) is 16.1. The van der Waals surface area contributed by atoms with Crippen molar-refractivity contribution in [1.82, 2.24) is 15.1 Å². The van der Waals surface area contributed by atoms with Crippen LogP contribution in [0.15, 0.2) is 67.0 Å². The van der Waals surface area contributed by atoms with Gasteiger partial charge in [0.25, 0.3) is 0 Å². The van der Waals surface area contributed by atoms with Crippen molar-refractivity contribution in [3.05, 3.63) is 72.6 Å². The summed E-state index contributed by atoms with van der Waals surface area (Å²) in [7, 11) is 1.29. The van der Waals surface area contributed by atoms with Crippen LogP contribution in [-0.2, 0) is 11.3 Å². The minimum atomic E-state index is -0.551. The van der Waals surface area contributed by atoms with Crippen LogP contribution in [0.2, 0.25) is 0 Å². The van der Waals surface area contributed by atoms with Gasteiger partial charge in [-0.1, -0.05) is 18.2 Å². The number of aromatic nitrogens is 2. The SMILES string of the molecule is COC(=O)Nc1ccc(NC(=O)NCc2cnn(-c3ccccc3)c2)cc1. The Morgan fingerprint density at radius 1 is 1.00 bits per heavy atom. The number of carbonyl (C=O) groups is 2. The summed E-state index contributed by atoms with van der Waals surface area (Å²) in [5.41, 5.74) is 3.00. The second kappa shape index (κ2) is 8.52. The Kier molecular flexibility index (Phi) is 5.68. The number of ether oxygens (including phenoxy) is 1. The van der Waals surface area contributed by atoms with Crippen molar-refractivity contribution >= 4 is 23.5 Å². The molecule has 0 aliphatic heterocycles. The Labute approximate surface area is 156 Å². The minimum absolute atomic E-state index is 0.337. The molecular formula is C19H19N5O3. The standard InChI is InChI=1S/C19H19N5O3/c1-27-19(26)23-16-9-7-15(8-10-16)22-18(25)20-11-14-12-21-24(13-14)17-5-3-2-4-6-17/h2-10,12-13H,11H2,1H3,(H,23,26)(H2,20,22,25). The van der Waals surface area contributed by atoms with Crippen molar-refractivity contribution in [3.8, 4) is 5.69 Å². The lowest BCUT2D eigenvalue weighted by Crippen LogP contribution is -2.28. The highest BCUT2D eigenvalue weighted by Crippen LogP contribution is 2.14. The summed E-state index contributed by atoms with van der Waals surface area (Å²) in [5.74, 6) is 0. The van der Waals surface area contributed by atoms with E-state index in [2.05, 4.69) is 25.8 Å². The lowest BCUT2D eigenvalue weighted by atomic mass is 10.3. The normalized spacial score (nSPS) is 10.1. The predicted octanol–water partition coefficient (Wildman–Crippen LogP) is 3.37. The van der Waals surface area contributed by atoms with Gasteiger partial charge in [0.1, 0.15) is 0 Å². The number of nitrogens with zero attached hydrogens (tertiary/aromatic N) is 2. The first-order valence-electron chi connectivity index (χ1n) is 8.23. The fourth-order valence-electron chi connectivity index (χ4n) is 2.34. The van der Waals surface area contributed by atoms with E-state index in [1.807, 2.05) is 36.5 Å².